The monoisotopic (exact) mass is 586 g/mol. The first kappa shape index (κ1) is 26.5. The lowest BCUT2D eigenvalue weighted by molar-refractivity contribution is 0.0858. The molecule has 0 aliphatic carbocycles. The third-order valence-electron chi connectivity index (χ3n) is 7.22. The van der Waals surface area contributed by atoms with Crippen molar-refractivity contribution in [1.29, 1.82) is 10.5 Å². The van der Waals surface area contributed by atoms with E-state index in [-0.39, 0.29) is 30.1 Å². The Hall–Kier alpha value is -4.09. The number of hydrogen-bond donors (Lipinski definition) is 1. The van der Waals surface area contributed by atoms with Crippen LogP contribution in [0.2, 0.25) is 0 Å². The van der Waals surface area contributed by atoms with Gasteiger partial charge in [0.2, 0.25) is 0 Å². The maximum absolute atomic E-state index is 13.8. The second kappa shape index (κ2) is 11.0. The average Bonchev–Trinajstić information content (AvgIpc) is 2.96. The molecule has 0 saturated carbocycles. The number of aromatic nitrogens is 2. The second-order valence-corrected chi connectivity index (χ2v) is 10.2. The summed E-state index contributed by atoms with van der Waals surface area (Å²) >= 11 is 3.41. The molecule has 1 aliphatic heterocycles. The molecule has 39 heavy (non-hydrogen) atoms. The number of benzene rings is 2. The molecule has 0 spiro atoms. The Morgan fingerprint density at radius 2 is 1.72 bits per heavy atom. The number of aliphatic hydroxyl groups is 1. The van der Waals surface area contributed by atoms with Crippen LogP contribution in [0, 0.1) is 28.5 Å². The van der Waals surface area contributed by atoms with Crippen molar-refractivity contribution >= 4 is 32.7 Å². The van der Waals surface area contributed by atoms with Crippen molar-refractivity contribution in [2.75, 3.05) is 31.1 Å². The molecule has 0 bridgehead atoms. The van der Waals surface area contributed by atoms with Crippen LogP contribution in [0.4, 0.5) is 10.1 Å². The highest BCUT2D eigenvalue weighted by Crippen LogP contribution is 2.35. The molecule has 1 N–H and O–H groups in total. The normalized spacial score (nSPS) is 16.6. The highest BCUT2D eigenvalue weighted by Gasteiger charge is 2.35. The summed E-state index contributed by atoms with van der Waals surface area (Å²) < 4.78 is 15.8. The minimum atomic E-state index is -0.408. The predicted molar refractivity (Wildman–Crippen MR) is 149 cm³/mol. The van der Waals surface area contributed by atoms with E-state index in [0.717, 1.165) is 11.1 Å². The Kier molecular flexibility index (Phi) is 7.45. The van der Waals surface area contributed by atoms with Crippen LogP contribution < -0.4 is 10.5 Å². The lowest BCUT2D eigenvalue weighted by Crippen LogP contribution is -2.56. The molecule has 2 aromatic heterocycles. The number of anilines is 1. The molecule has 1 aliphatic rings. The Morgan fingerprint density at radius 1 is 1.05 bits per heavy atom. The summed E-state index contributed by atoms with van der Waals surface area (Å²) in [5.41, 5.74) is 3.44. The first-order valence-corrected chi connectivity index (χ1v) is 13.1. The van der Waals surface area contributed by atoms with Gasteiger partial charge in [0.1, 0.15) is 27.6 Å². The molecule has 3 heterocycles. The standard InChI is InChI=1S/C29H24BrFN6O2/c1-35-24-10-11-25(30)34-26(24)28(23(15-33)29(35)39)36-12-13-37(22(16-36)17-38)27(20-6-8-21(31)9-7-20)19-4-2-18(14-32)3-5-19/h2-11,22,27,38H,12-13,16-17H2,1H3. The van der Waals surface area contributed by atoms with Gasteiger partial charge in [-0.3, -0.25) is 9.69 Å². The molecule has 4 aromatic rings. The summed E-state index contributed by atoms with van der Waals surface area (Å²) in [5.74, 6) is -0.346. The van der Waals surface area contributed by atoms with Crippen LogP contribution in [-0.2, 0) is 7.05 Å². The fourth-order valence-corrected chi connectivity index (χ4v) is 5.62. The molecule has 5 rings (SSSR count). The quantitative estimate of drug-likeness (QED) is 0.354. The summed E-state index contributed by atoms with van der Waals surface area (Å²) in [6, 6.07) is 20.5. The fourth-order valence-electron chi connectivity index (χ4n) is 5.31. The molecule has 2 atom stereocenters. The Labute approximate surface area is 232 Å². The van der Waals surface area contributed by atoms with Crippen LogP contribution >= 0.6 is 15.9 Å². The molecule has 2 unspecified atom stereocenters. The van der Waals surface area contributed by atoms with Crippen molar-refractivity contribution in [2.45, 2.75) is 12.1 Å². The van der Waals surface area contributed by atoms with Crippen molar-refractivity contribution in [3.05, 3.63) is 104 Å². The van der Waals surface area contributed by atoms with Crippen LogP contribution in [0.5, 0.6) is 0 Å². The maximum atomic E-state index is 13.8. The van der Waals surface area contributed by atoms with Crippen molar-refractivity contribution < 1.29 is 9.50 Å². The highest BCUT2D eigenvalue weighted by atomic mass is 79.9. The lowest BCUT2D eigenvalue weighted by atomic mass is 9.93. The van der Waals surface area contributed by atoms with E-state index in [2.05, 4.69) is 38.0 Å². The summed E-state index contributed by atoms with van der Waals surface area (Å²) in [6.45, 7) is 1.07. The second-order valence-electron chi connectivity index (χ2n) is 9.41. The molecule has 196 valence electrons. The lowest BCUT2D eigenvalue weighted by Gasteiger charge is -2.46. The van der Waals surface area contributed by atoms with Crippen LogP contribution in [0.3, 0.4) is 0 Å². The van der Waals surface area contributed by atoms with Gasteiger partial charge in [-0.2, -0.15) is 10.5 Å². The molecular formula is C29H24BrFN6O2. The number of halogens is 2. The van der Waals surface area contributed by atoms with Crippen LogP contribution in [0.15, 0.2) is 70.1 Å². The average molecular weight is 587 g/mol. The fraction of sp³-hybridized carbons (Fsp3) is 0.241. The van der Waals surface area contributed by atoms with Gasteiger partial charge in [-0.1, -0.05) is 24.3 Å². The molecule has 1 saturated heterocycles. The van der Waals surface area contributed by atoms with E-state index in [1.54, 1.807) is 43.4 Å². The van der Waals surface area contributed by atoms with E-state index in [0.29, 0.717) is 46.5 Å². The minimum Gasteiger partial charge on any atom is -0.395 e. The Morgan fingerprint density at radius 3 is 2.33 bits per heavy atom. The number of rotatable bonds is 5. The summed E-state index contributed by atoms with van der Waals surface area (Å²) in [6.07, 6.45) is 0. The van der Waals surface area contributed by atoms with Gasteiger partial charge >= 0.3 is 0 Å². The maximum Gasteiger partial charge on any atom is 0.270 e. The number of hydrogen-bond acceptors (Lipinski definition) is 7. The number of piperazine rings is 1. The number of pyridine rings is 2. The molecule has 1 fully saturated rings. The van der Waals surface area contributed by atoms with Gasteiger partial charge in [0, 0.05) is 26.7 Å². The molecule has 0 amide bonds. The Bertz CT molecular complexity index is 1670. The Balaban J connectivity index is 1.58. The van der Waals surface area contributed by atoms with Gasteiger partial charge < -0.3 is 14.6 Å². The van der Waals surface area contributed by atoms with E-state index in [1.807, 2.05) is 17.0 Å². The number of aliphatic hydroxyl groups excluding tert-OH is 1. The van der Waals surface area contributed by atoms with Gasteiger partial charge in [-0.15, -0.1) is 0 Å². The van der Waals surface area contributed by atoms with E-state index < -0.39 is 5.56 Å². The number of aryl methyl sites for hydroxylation is 1. The van der Waals surface area contributed by atoms with E-state index in [1.165, 1.54) is 16.7 Å². The van der Waals surface area contributed by atoms with Crippen LogP contribution in [-0.4, -0.2) is 51.8 Å². The number of nitriles is 2. The molecular weight excluding hydrogens is 563 g/mol. The van der Waals surface area contributed by atoms with Gasteiger partial charge in [-0.05, 0) is 63.5 Å². The topological polar surface area (TPSA) is 109 Å². The van der Waals surface area contributed by atoms with E-state index in [9.17, 15) is 24.8 Å². The minimum absolute atomic E-state index is 0.00270. The van der Waals surface area contributed by atoms with Crippen molar-refractivity contribution in [2.24, 2.45) is 7.05 Å². The van der Waals surface area contributed by atoms with Gasteiger partial charge in [0.05, 0.1) is 41.5 Å². The third kappa shape index (κ3) is 4.90. The molecule has 2 aromatic carbocycles. The van der Waals surface area contributed by atoms with Crippen LogP contribution in [0.1, 0.15) is 28.3 Å². The first-order valence-electron chi connectivity index (χ1n) is 12.3. The zero-order valence-corrected chi connectivity index (χ0v) is 22.6. The van der Waals surface area contributed by atoms with Crippen molar-refractivity contribution in [1.82, 2.24) is 14.5 Å². The molecule has 8 nitrogen and oxygen atoms in total. The largest absolute Gasteiger partial charge is 0.395 e. The zero-order chi connectivity index (χ0) is 27.7. The van der Waals surface area contributed by atoms with Crippen molar-refractivity contribution in [3.63, 3.8) is 0 Å². The highest BCUT2D eigenvalue weighted by molar-refractivity contribution is 9.10. The van der Waals surface area contributed by atoms with Crippen LogP contribution in [0.25, 0.3) is 11.0 Å². The predicted octanol–water partition coefficient (Wildman–Crippen LogP) is 3.85. The van der Waals surface area contributed by atoms with Crippen molar-refractivity contribution in [3.8, 4) is 12.1 Å². The molecule has 10 heteroatoms. The van der Waals surface area contributed by atoms with E-state index >= 15 is 0 Å². The summed E-state index contributed by atoms with van der Waals surface area (Å²) in [5, 5.41) is 29.8. The molecule has 0 radical (unpaired) electrons. The SMILES string of the molecule is Cn1c(=O)c(C#N)c(N2CCN(C(c3ccc(F)cc3)c3ccc(C#N)cc3)C(CO)C2)c2nc(Br)ccc21. The number of nitrogens with zero attached hydrogens (tertiary/aromatic N) is 6. The summed E-state index contributed by atoms with van der Waals surface area (Å²) in [7, 11) is 1.62. The van der Waals surface area contributed by atoms with Gasteiger partial charge in [0.25, 0.3) is 5.56 Å². The smallest absolute Gasteiger partial charge is 0.270 e. The van der Waals surface area contributed by atoms with Gasteiger partial charge in [0.15, 0.2) is 0 Å². The van der Waals surface area contributed by atoms with E-state index in [4.69, 9.17) is 0 Å². The van der Waals surface area contributed by atoms with Gasteiger partial charge in [-0.25, -0.2) is 9.37 Å². The zero-order valence-electron chi connectivity index (χ0n) is 21.1. The first-order chi connectivity index (χ1) is 18.9. The number of fused-ring (bicyclic) bond motifs is 1. The summed E-state index contributed by atoms with van der Waals surface area (Å²) in [4.78, 5) is 21.8. The third-order valence-corrected chi connectivity index (χ3v) is 7.66.